The molecule has 2 aromatic heterocycles. The molecule has 0 atom stereocenters. The number of nitrogens with zero attached hydrogens (tertiary/aromatic N) is 3. The van der Waals surface area contributed by atoms with Gasteiger partial charge in [-0.2, -0.15) is 0 Å². The smallest absolute Gasteiger partial charge is 0.137 e. The lowest BCUT2D eigenvalue weighted by Gasteiger charge is -2.05. The average molecular weight is 216 g/mol. The van der Waals surface area contributed by atoms with Gasteiger partial charge in [-0.05, 0) is 18.2 Å². The molecule has 0 bridgehead atoms. The van der Waals surface area contributed by atoms with Crippen LogP contribution >= 0.6 is 0 Å². The van der Waals surface area contributed by atoms with E-state index in [4.69, 9.17) is 4.74 Å². The van der Waals surface area contributed by atoms with Crippen LogP contribution in [0.3, 0.4) is 0 Å². The second kappa shape index (κ2) is 5.06. The minimum Gasteiger partial charge on any atom is -0.495 e. The third-order valence-electron chi connectivity index (χ3n) is 2.07. The minimum atomic E-state index is 0.627. The highest BCUT2D eigenvalue weighted by Crippen LogP contribution is 2.11. The first kappa shape index (κ1) is 10.4. The lowest BCUT2D eigenvalue weighted by atomic mass is 10.4. The number of methoxy groups -OCH3 is 1. The highest BCUT2D eigenvalue weighted by Gasteiger charge is 1.96. The molecule has 5 nitrogen and oxygen atoms in total. The zero-order valence-corrected chi connectivity index (χ0v) is 8.92. The molecule has 0 amide bonds. The SMILES string of the molecule is COc1ccc(NCc2ccncn2)nc1. The lowest BCUT2D eigenvalue weighted by molar-refractivity contribution is 0.413. The second-order valence-corrected chi connectivity index (χ2v) is 3.14. The Balaban J connectivity index is 1.94. The quantitative estimate of drug-likeness (QED) is 0.839. The van der Waals surface area contributed by atoms with Gasteiger partial charge in [-0.1, -0.05) is 0 Å². The Bertz CT molecular complexity index is 429. The summed E-state index contributed by atoms with van der Waals surface area (Å²) in [5, 5.41) is 3.16. The van der Waals surface area contributed by atoms with E-state index < -0.39 is 0 Å². The van der Waals surface area contributed by atoms with Crippen molar-refractivity contribution in [3.8, 4) is 5.75 Å². The van der Waals surface area contributed by atoms with Crippen molar-refractivity contribution in [1.29, 1.82) is 0 Å². The summed E-state index contributed by atoms with van der Waals surface area (Å²) in [6.07, 6.45) is 4.91. The van der Waals surface area contributed by atoms with Crippen molar-refractivity contribution in [2.75, 3.05) is 12.4 Å². The standard InChI is InChI=1S/C11H12N4O/c1-16-10-2-3-11(14-7-10)13-6-9-4-5-12-8-15-9/h2-5,7-8H,6H2,1H3,(H,13,14). The summed E-state index contributed by atoms with van der Waals surface area (Å²) in [4.78, 5) is 12.1. The van der Waals surface area contributed by atoms with Gasteiger partial charge in [0.25, 0.3) is 0 Å². The number of hydrogen-bond donors (Lipinski definition) is 1. The van der Waals surface area contributed by atoms with Crippen LogP contribution in [0.25, 0.3) is 0 Å². The summed E-state index contributed by atoms with van der Waals surface area (Å²) >= 11 is 0. The fraction of sp³-hybridized carbons (Fsp3) is 0.182. The molecule has 0 unspecified atom stereocenters. The number of hydrogen-bond acceptors (Lipinski definition) is 5. The van der Waals surface area contributed by atoms with Crippen LogP contribution in [0.4, 0.5) is 5.82 Å². The normalized spacial score (nSPS) is 9.81. The summed E-state index contributed by atoms with van der Waals surface area (Å²) in [5.74, 6) is 1.53. The van der Waals surface area contributed by atoms with E-state index in [1.807, 2.05) is 18.2 Å². The van der Waals surface area contributed by atoms with Gasteiger partial charge in [0.1, 0.15) is 17.9 Å². The number of anilines is 1. The summed E-state index contributed by atoms with van der Waals surface area (Å²) < 4.78 is 5.02. The molecule has 0 saturated heterocycles. The molecule has 2 aromatic rings. The molecule has 5 heteroatoms. The largest absolute Gasteiger partial charge is 0.495 e. The molecule has 0 aliphatic carbocycles. The van der Waals surface area contributed by atoms with Gasteiger partial charge in [0.15, 0.2) is 0 Å². The molecule has 0 aromatic carbocycles. The van der Waals surface area contributed by atoms with Crippen molar-refractivity contribution in [3.63, 3.8) is 0 Å². The van der Waals surface area contributed by atoms with E-state index >= 15 is 0 Å². The Kier molecular flexibility index (Phi) is 3.28. The van der Waals surface area contributed by atoms with Gasteiger partial charge in [0.05, 0.1) is 25.5 Å². The van der Waals surface area contributed by atoms with Crippen LogP contribution < -0.4 is 10.1 Å². The average Bonchev–Trinajstić information content (AvgIpc) is 2.38. The van der Waals surface area contributed by atoms with Crippen LogP contribution in [0.2, 0.25) is 0 Å². The molecule has 0 spiro atoms. The first-order valence-electron chi connectivity index (χ1n) is 4.87. The van der Waals surface area contributed by atoms with Gasteiger partial charge in [-0.3, -0.25) is 0 Å². The molecule has 2 rings (SSSR count). The molecule has 2 heterocycles. The fourth-order valence-corrected chi connectivity index (χ4v) is 1.21. The van der Waals surface area contributed by atoms with Crippen LogP contribution in [0, 0.1) is 0 Å². The second-order valence-electron chi connectivity index (χ2n) is 3.14. The molecule has 0 aliphatic rings. The maximum absolute atomic E-state index is 5.02. The summed E-state index contributed by atoms with van der Waals surface area (Å²) in [7, 11) is 1.62. The van der Waals surface area contributed by atoms with E-state index in [1.54, 1.807) is 19.5 Å². The highest BCUT2D eigenvalue weighted by molar-refractivity contribution is 5.37. The summed E-state index contributed by atoms with van der Waals surface area (Å²) in [6.45, 7) is 0.627. The van der Waals surface area contributed by atoms with Gasteiger partial charge < -0.3 is 10.1 Å². The molecular formula is C11H12N4O. The van der Waals surface area contributed by atoms with Crippen molar-refractivity contribution in [3.05, 3.63) is 42.6 Å². The number of ether oxygens (including phenoxy) is 1. The Morgan fingerprint density at radius 2 is 2.19 bits per heavy atom. The maximum atomic E-state index is 5.02. The Hall–Kier alpha value is -2.17. The van der Waals surface area contributed by atoms with Gasteiger partial charge in [-0.15, -0.1) is 0 Å². The zero-order chi connectivity index (χ0) is 11.2. The molecule has 0 fully saturated rings. The minimum absolute atomic E-state index is 0.627. The van der Waals surface area contributed by atoms with Crippen LogP contribution in [0.15, 0.2) is 36.9 Å². The zero-order valence-electron chi connectivity index (χ0n) is 8.92. The van der Waals surface area contributed by atoms with Gasteiger partial charge in [0.2, 0.25) is 0 Å². The molecule has 16 heavy (non-hydrogen) atoms. The highest BCUT2D eigenvalue weighted by atomic mass is 16.5. The van der Waals surface area contributed by atoms with Crippen LogP contribution in [0.1, 0.15) is 5.69 Å². The van der Waals surface area contributed by atoms with E-state index in [1.165, 1.54) is 6.33 Å². The fourth-order valence-electron chi connectivity index (χ4n) is 1.21. The van der Waals surface area contributed by atoms with Crippen LogP contribution in [0.5, 0.6) is 5.75 Å². The number of nitrogens with one attached hydrogen (secondary N) is 1. The first-order valence-corrected chi connectivity index (χ1v) is 4.87. The predicted molar refractivity (Wildman–Crippen MR) is 60.1 cm³/mol. The summed E-state index contributed by atoms with van der Waals surface area (Å²) in [6, 6.07) is 5.58. The molecule has 0 radical (unpaired) electrons. The van der Waals surface area contributed by atoms with E-state index in [0.717, 1.165) is 17.3 Å². The lowest BCUT2D eigenvalue weighted by Crippen LogP contribution is -2.02. The molecule has 1 N–H and O–H groups in total. The van der Waals surface area contributed by atoms with Crippen molar-refractivity contribution in [2.45, 2.75) is 6.54 Å². The van der Waals surface area contributed by atoms with Crippen molar-refractivity contribution < 1.29 is 4.74 Å². The monoisotopic (exact) mass is 216 g/mol. The van der Waals surface area contributed by atoms with E-state index in [-0.39, 0.29) is 0 Å². The van der Waals surface area contributed by atoms with Crippen LogP contribution in [-0.4, -0.2) is 22.1 Å². The molecule has 82 valence electrons. The maximum Gasteiger partial charge on any atom is 0.137 e. The van der Waals surface area contributed by atoms with Crippen molar-refractivity contribution >= 4 is 5.82 Å². The van der Waals surface area contributed by atoms with Gasteiger partial charge in [0, 0.05) is 6.20 Å². The van der Waals surface area contributed by atoms with E-state index in [2.05, 4.69) is 20.3 Å². The van der Waals surface area contributed by atoms with Crippen LogP contribution in [-0.2, 0) is 6.54 Å². The van der Waals surface area contributed by atoms with Gasteiger partial charge >= 0.3 is 0 Å². The van der Waals surface area contributed by atoms with E-state index in [0.29, 0.717) is 6.54 Å². The Morgan fingerprint density at radius 3 is 2.81 bits per heavy atom. The topological polar surface area (TPSA) is 59.9 Å². The number of rotatable bonds is 4. The number of pyridine rings is 1. The van der Waals surface area contributed by atoms with Crippen molar-refractivity contribution in [1.82, 2.24) is 15.0 Å². The predicted octanol–water partition coefficient (Wildman–Crippen LogP) is 1.49. The third kappa shape index (κ3) is 2.66. The van der Waals surface area contributed by atoms with Crippen molar-refractivity contribution in [2.24, 2.45) is 0 Å². The molecule has 0 aliphatic heterocycles. The van der Waals surface area contributed by atoms with E-state index in [9.17, 15) is 0 Å². The third-order valence-corrected chi connectivity index (χ3v) is 2.07. The Morgan fingerprint density at radius 1 is 1.25 bits per heavy atom. The first-order chi connectivity index (χ1) is 7.88. The summed E-state index contributed by atoms with van der Waals surface area (Å²) in [5.41, 5.74) is 0.924. The molecule has 0 saturated carbocycles. The molecular weight excluding hydrogens is 204 g/mol. The number of aromatic nitrogens is 3. The van der Waals surface area contributed by atoms with Gasteiger partial charge in [-0.25, -0.2) is 15.0 Å². The Labute approximate surface area is 93.5 Å².